The molecular weight excluding hydrogens is 224 g/mol. The zero-order valence-corrected chi connectivity index (χ0v) is 10.5. The topological polar surface area (TPSA) is 51.2 Å². The fourth-order valence-corrected chi connectivity index (χ4v) is 4.58. The van der Waals surface area contributed by atoms with E-state index < -0.39 is 15.5 Å². The highest BCUT2D eigenvalue weighted by atomic mass is 32.2. The molecule has 2 aliphatic rings. The summed E-state index contributed by atoms with van der Waals surface area (Å²) in [6.07, 6.45) is 7.82. The van der Waals surface area contributed by atoms with Crippen molar-refractivity contribution in [3.63, 3.8) is 0 Å². The van der Waals surface area contributed by atoms with Crippen molar-refractivity contribution in [1.82, 2.24) is 0 Å². The Morgan fingerprint density at radius 2 is 1.69 bits per heavy atom. The van der Waals surface area contributed by atoms with E-state index in [1.165, 1.54) is 0 Å². The van der Waals surface area contributed by atoms with E-state index in [4.69, 9.17) is 0 Å². The first kappa shape index (κ1) is 12.1. The molecule has 0 aromatic rings. The predicted molar refractivity (Wildman–Crippen MR) is 63.1 cm³/mol. The van der Waals surface area contributed by atoms with E-state index in [-0.39, 0.29) is 11.7 Å². The van der Waals surface area contributed by atoms with Crippen molar-refractivity contribution in [2.24, 2.45) is 5.92 Å². The van der Waals surface area contributed by atoms with Crippen LogP contribution in [0.5, 0.6) is 0 Å². The number of carbonyl (C=O) groups is 1. The van der Waals surface area contributed by atoms with E-state index >= 15 is 0 Å². The first-order valence-corrected chi connectivity index (χ1v) is 7.52. The molecule has 0 aliphatic heterocycles. The Labute approximate surface area is 98.6 Å². The fourth-order valence-electron chi connectivity index (χ4n) is 3.37. The Morgan fingerprint density at radius 1 is 1.00 bits per heavy atom. The van der Waals surface area contributed by atoms with Crippen LogP contribution in [0.2, 0.25) is 0 Å². The number of carbonyl (C=O) groups excluding carboxylic acids is 1. The number of thiol groups is 1. The van der Waals surface area contributed by atoms with Crippen molar-refractivity contribution in [3.05, 3.63) is 0 Å². The van der Waals surface area contributed by atoms with E-state index in [1.807, 2.05) is 0 Å². The monoisotopic (exact) mass is 244 g/mol. The lowest BCUT2D eigenvalue weighted by atomic mass is 9.72. The molecule has 0 aromatic heterocycles. The highest BCUT2D eigenvalue weighted by molar-refractivity contribution is 7.74. The molecule has 0 spiro atoms. The van der Waals surface area contributed by atoms with Crippen LogP contribution < -0.4 is 0 Å². The second-order valence-electron chi connectivity index (χ2n) is 5.19. The summed E-state index contributed by atoms with van der Waals surface area (Å²) in [6, 6.07) is 0. The van der Waals surface area contributed by atoms with Gasteiger partial charge in [0.05, 0.1) is 4.75 Å². The zero-order chi connectivity index (χ0) is 11.6. The summed E-state index contributed by atoms with van der Waals surface area (Å²) in [7, 11) is -2.47. The smallest absolute Gasteiger partial charge is 0.146 e. The minimum Gasteiger partial charge on any atom is -0.299 e. The Morgan fingerprint density at radius 3 is 2.25 bits per heavy atom. The van der Waals surface area contributed by atoms with Crippen molar-refractivity contribution >= 4 is 16.5 Å². The van der Waals surface area contributed by atoms with Gasteiger partial charge in [0.2, 0.25) is 0 Å². The molecule has 16 heavy (non-hydrogen) atoms. The minimum atomic E-state index is -2.47. The standard InChI is InChI=1S/C12H20O3S/c13-11-7-3-2-6-10(11)12(16(14)15)8-4-1-5-9-12/h10,16H,1-9H2. The maximum atomic E-state index is 11.9. The molecule has 4 heteroatoms. The summed E-state index contributed by atoms with van der Waals surface area (Å²) in [6.45, 7) is 0. The molecule has 2 fully saturated rings. The molecule has 0 amide bonds. The summed E-state index contributed by atoms with van der Waals surface area (Å²) < 4.78 is 22.5. The molecule has 1 atom stereocenters. The second kappa shape index (κ2) is 4.86. The lowest BCUT2D eigenvalue weighted by Gasteiger charge is -2.39. The van der Waals surface area contributed by atoms with Crippen LogP contribution in [0, 0.1) is 5.92 Å². The Balaban J connectivity index is 2.26. The maximum Gasteiger partial charge on any atom is 0.146 e. The number of hydrogen-bond donors (Lipinski definition) is 1. The Kier molecular flexibility index (Phi) is 3.67. The number of Topliss-reactive ketones (excluding diaryl/α,β-unsaturated/α-hetero) is 1. The summed E-state index contributed by atoms with van der Waals surface area (Å²) >= 11 is 0. The van der Waals surface area contributed by atoms with Crippen molar-refractivity contribution < 1.29 is 13.2 Å². The fraction of sp³-hybridized carbons (Fsp3) is 0.917. The average molecular weight is 244 g/mol. The molecule has 2 aliphatic carbocycles. The van der Waals surface area contributed by atoms with Crippen LogP contribution in [0.15, 0.2) is 0 Å². The summed E-state index contributed by atoms with van der Waals surface area (Å²) in [4.78, 5) is 11.9. The second-order valence-corrected chi connectivity index (χ2v) is 6.59. The van der Waals surface area contributed by atoms with Crippen LogP contribution in [0.1, 0.15) is 57.8 Å². The van der Waals surface area contributed by atoms with Crippen molar-refractivity contribution in [1.29, 1.82) is 0 Å². The van der Waals surface area contributed by atoms with Gasteiger partial charge in [0, 0.05) is 12.3 Å². The molecule has 92 valence electrons. The Bertz CT molecular complexity index is 332. The summed E-state index contributed by atoms with van der Waals surface area (Å²) in [5.41, 5.74) is 0. The number of hydrogen-bond acceptors (Lipinski definition) is 3. The van der Waals surface area contributed by atoms with Crippen LogP contribution >= 0.6 is 0 Å². The normalized spacial score (nSPS) is 30.6. The molecule has 0 radical (unpaired) electrons. The SMILES string of the molecule is O=C1CCCCC1C1([SH](=O)=O)CCCCC1. The van der Waals surface area contributed by atoms with E-state index in [1.54, 1.807) is 0 Å². The van der Waals surface area contributed by atoms with Crippen molar-refractivity contribution in [3.8, 4) is 0 Å². The van der Waals surface area contributed by atoms with Gasteiger partial charge in [0.25, 0.3) is 0 Å². The minimum absolute atomic E-state index is 0.192. The van der Waals surface area contributed by atoms with Gasteiger partial charge in [-0.3, -0.25) is 4.79 Å². The largest absolute Gasteiger partial charge is 0.299 e. The van der Waals surface area contributed by atoms with Crippen LogP contribution in [0.25, 0.3) is 0 Å². The zero-order valence-electron chi connectivity index (χ0n) is 9.61. The summed E-state index contributed by atoms with van der Waals surface area (Å²) in [5, 5.41) is 0. The van der Waals surface area contributed by atoms with Gasteiger partial charge in [-0.2, -0.15) is 0 Å². The van der Waals surface area contributed by atoms with Crippen LogP contribution in [-0.4, -0.2) is 18.9 Å². The third-order valence-electron chi connectivity index (χ3n) is 4.29. The van der Waals surface area contributed by atoms with Crippen molar-refractivity contribution in [2.45, 2.75) is 62.5 Å². The van der Waals surface area contributed by atoms with Crippen LogP contribution in [0.4, 0.5) is 0 Å². The van der Waals surface area contributed by atoms with Gasteiger partial charge in [0.1, 0.15) is 16.5 Å². The molecule has 0 saturated heterocycles. The van der Waals surface area contributed by atoms with Gasteiger partial charge < -0.3 is 0 Å². The highest BCUT2D eigenvalue weighted by Gasteiger charge is 2.46. The third-order valence-corrected chi connectivity index (χ3v) is 5.77. The third kappa shape index (κ3) is 2.04. The lowest BCUT2D eigenvalue weighted by molar-refractivity contribution is -0.126. The molecule has 0 heterocycles. The molecule has 2 rings (SSSR count). The van der Waals surface area contributed by atoms with Gasteiger partial charge in [0.15, 0.2) is 0 Å². The van der Waals surface area contributed by atoms with Crippen molar-refractivity contribution in [2.75, 3.05) is 0 Å². The number of ketones is 1. The molecule has 3 nitrogen and oxygen atoms in total. The lowest BCUT2D eigenvalue weighted by Crippen LogP contribution is -2.46. The Hall–Kier alpha value is -0.380. The van der Waals surface area contributed by atoms with E-state index in [2.05, 4.69) is 0 Å². The molecular formula is C12H20O3S. The summed E-state index contributed by atoms with van der Waals surface area (Å²) in [5.74, 6) is 0.00927. The van der Waals surface area contributed by atoms with Gasteiger partial charge in [-0.1, -0.05) is 25.7 Å². The van der Waals surface area contributed by atoms with E-state index in [9.17, 15) is 13.2 Å². The van der Waals surface area contributed by atoms with Gasteiger partial charge >= 0.3 is 0 Å². The first-order valence-electron chi connectivity index (χ1n) is 6.34. The average Bonchev–Trinajstić information content (AvgIpc) is 2.30. The quantitative estimate of drug-likeness (QED) is 0.756. The predicted octanol–water partition coefficient (Wildman–Crippen LogP) is 2.06. The maximum absolute atomic E-state index is 11.9. The van der Waals surface area contributed by atoms with E-state index in [0.29, 0.717) is 19.3 Å². The highest BCUT2D eigenvalue weighted by Crippen LogP contribution is 2.42. The van der Waals surface area contributed by atoms with E-state index in [0.717, 1.165) is 38.5 Å². The van der Waals surface area contributed by atoms with Gasteiger partial charge in [-0.25, -0.2) is 8.42 Å². The molecule has 0 N–H and O–H groups in total. The number of rotatable bonds is 2. The van der Waals surface area contributed by atoms with Crippen LogP contribution in [0.3, 0.4) is 0 Å². The van der Waals surface area contributed by atoms with Gasteiger partial charge in [-0.05, 0) is 25.7 Å². The molecule has 2 saturated carbocycles. The molecule has 1 unspecified atom stereocenters. The molecule has 0 bridgehead atoms. The van der Waals surface area contributed by atoms with Crippen LogP contribution in [-0.2, 0) is 15.5 Å². The van der Waals surface area contributed by atoms with Gasteiger partial charge in [-0.15, -0.1) is 0 Å². The molecule has 0 aromatic carbocycles. The first-order chi connectivity index (χ1) is 7.67.